The van der Waals surface area contributed by atoms with Gasteiger partial charge in [-0.3, -0.25) is 0 Å². The van der Waals surface area contributed by atoms with Crippen LogP contribution in [0.4, 0.5) is 0 Å². The summed E-state index contributed by atoms with van der Waals surface area (Å²) in [5.41, 5.74) is 0. The maximum absolute atomic E-state index is 5.43. The van der Waals surface area contributed by atoms with Gasteiger partial charge in [-0.2, -0.15) is 0 Å². The van der Waals surface area contributed by atoms with Crippen molar-refractivity contribution in [2.75, 3.05) is 56.9 Å². The van der Waals surface area contributed by atoms with Gasteiger partial charge in [-0.15, -0.1) is 0 Å². The molecule has 8 radical (unpaired) electrons. The Hall–Kier alpha value is 0.764. The van der Waals surface area contributed by atoms with Crippen LogP contribution in [0.1, 0.15) is 25.7 Å². The van der Waals surface area contributed by atoms with Gasteiger partial charge >= 0.3 is 0 Å². The normalized spacial score (nSPS) is 12.6. The van der Waals surface area contributed by atoms with Crippen LogP contribution in [-0.4, -0.2) is 127 Å². The molecule has 0 amide bonds. The third-order valence-corrected chi connectivity index (χ3v) is 17.9. The summed E-state index contributed by atoms with van der Waals surface area (Å²) in [5.74, 6) is -0.279. The zero-order valence-corrected chi connectivity index (χ0v) is 29.6. The molecular weight excluding hydrogens is 557 g/mol. The fraction of sp³-hybridized carbons (Fsp3) is 1.00. The van der Waals surface area contributed by atoms with E-state index in [4.69, 9.17) is 37.9 Å². The summed E-state index contributed by atoms with van der Waals surface area (Å²) in [7, 11) is 15.1. The number of rotatable bonds is 28. The average molecular weight is 609 g/mol. The highest BCUT2D eigenvalue weighted by Crippen LogP contribution is 2.34. The van der Waals surface area contributed by atoms with Crippen molar-refractivity contribution in [1.29, 1.82) is 0 Å². The lowest BCUT2D eigenvalue weighted by Gasteiger charge is -2.33. The monoisotopic (exact) mass is 608 g/mol. The van der Waals surface area contributed by atoms with Crippen molar-refractivity contribution in [2.45, 2.75) is 97.7 Å². The minimum absolute atomic E-state index is 0.0697. The van der Waals surface area contributed by atoms with Crippen molar-refractivity contribution in [3.63, 3.8) is 0 Å². The summed E-state index contributed by atoms with van der Waals surface area (Å²) in [5, 5.41) is 0. The third-order valence-electron chi connectivity index (χ3n) is 6.49. The van der Waals surface area contributed by atoms with Crippen LogP contribution in [0.5, 0.6) is 0 Å². The van der Waals surface area contributed by atoms with E-state index < -0.39 is 8.07 Å². The second-order valence-electron chi connectivity index (χ2n) is 8.94. The Balaban J connectivity index is 5.24. The van der Waals surface area contributed by atoms with Gasteiger partial charge in [0.25, 0.3) is 0 Å². The molecule has 0 saturated carbocycles. The Morgan fingerprint density at radius 1 is 0.378 bits per heavy atom. The molecule has 0 N–H and O–H groups in total. The molecule has 0 aliphatic rings. The van der Waals surface area contributed by atoms with Gasteiger partial charge in [-0.25, -0.2) is 0 Å². The number of methoxy groups -OCH3 is 8. The van der Waals surface area contributed by atoms with E-state index in [1.54, 1.807) is 56.9 Å². The molecule has 216 valence electrons. The van der Waals surface area contributed by atoms with E-state index in [1.807, 2.05) is 0 Å². The van der Waals surface area contributed by atoms with Crippen LogP contribution in [0, 0.1) is 0 Å². The molecular formula is C24H52O8Si5. The van der Waals surface area contributed by atoms with Gasteiger partial charge in [0.2, 0.25) is 0 Å². The molecule has 0 bridgehead atoms. The standard InChI is InChI=1S/C24H52O8Si5/c1-25-21(26-2)33-13-9-17-37(18-10-14-34-22(27-3)28-4,19-11-15-35-23(29-5)30-6)20-12-16-36-24(31-7)32-8/h21-24H,9-20H2,1-8H3. The average Bonchev–Trinajstić information content (AvgIpc) is 2.93. The number of hydrogen-bond donors (Lipinski definition) is 0. The highest BCUT2D eigenvalue weighted by molar-refractivity contribution is 6.80. The zero-order chi connectivity index (χ0) is 27.8. The molecule has 37 heavy (non-hydrogen) atoms. The maximum atomic E-state index is 5.43. The molecule has 13 heteroatoms. The van der Waals surface area contributed by atoms with E-state index in [0.29, 0.717) is 38.1 Å². The molecule has 0 fully saturated rings. The maximum Gasteiger partial charge on any atom is 0.136 e. The molecule has 0 unspecified atom stereocenters. The van der Waals surface area contributed by atoms with Crippen molar-refractivity contribution in [2.24, 2.45) is 0 Å². The lowest BCUT2D eigenvalue weighted by atomic mass is 10.5. The van der Waals surface area contributed by atoms with Crippen molar-refractivity contribution < 1.29 is 37.9 Å². The van der Waals surface area contributed by atoms with Gasteiger partial charge in [-0.05, 0) is 0 Å². The Labute approximate surface area is 238 Å². The SMILES string of the molecule is COC(OC)[Si]CCC[Si](CCC[Si]C(OC)OC)(CCC[Si]C(OC)OC)CCC[Si]C(OC)OC. The molecule has 0 rings (SSSR count). The van der Waals surface area contributed by atoms with Gasteiger partial charge in [0.1, 0.15) is 61.7 Å². The highest BCUT2D eigenvalue weighted by atomic mass is 28.3. The highest BCUT2D eigenvalue weighted by Gasteiger charge is 2.31. The summed E-state index contributed by atoms with van der Waals surface area (Å²) in [6.45, 7) is 0. The van der Waals surface area contributed by atoms with E-state index in [2.05, 4.69) is 0 Å². The van der Waals surface area contributed by atoms with Crippen LogP contribution >= 0.6 is 0 Å². The Morgan fingerprint density at radius 2 is 0.568 bits per heavy atom. The van der Waals surface area contributed by atoms with Crippen molar-refractivity contribution in [1.82, 2.24) is 0 Å². The summed E-state index contributed by atoms with van der Waals surface area (Å²) in [6, 6.07) is 10.2. The molecule has 0 atom stereocenters. The molecule has 0 aliphatic heterocycles. The second-order valence-corrected chi connectivity index (χ2v) is 19.5. The largest absolute Gasteiger partial charge is 0.360 e. The van der Waals surface area contributed by atoms with Crippen molar-refractivity contribution in [3.8, 4) is 0 Å². The molecule has 0 heterocycles. The number of ether oxygens (including phenoxy) is 8. The fourth-order valence-corrected chi connectivity index (χ4v) is 15.0. The van der Waals surface area contributed by atoms with Crippen LogP contribution in [0.15, 0.2) is 0 Å². The summed E-state index contributed by atoms with van der Waals surface area (Å²) in [6.07, 6.45) is 5.04. The van der Waals surface area contributed by atoms with Crippen LogP contribution in [0.3, 0.4) is 0 Å². The van der Waals surface area contributed by atoms with Crippen molar-refractivity contribution in [3.05, 3.63) is 0 Å². The zero-order valence-electron chi connectivity index (χ0n) is 24.6. The molecule has 0 aromatic rings. The first-order valence-corrected chi connectivity index (χ1v) is 21.1. The first-order chi connectivity index (χ1) is 18.0. The fourth-order valence-electron chi connectivity index (χ4n) is 4.53. The Morgan fingerprint density at radius 3 is 0.730 bits per heavy atom. The quantitative estimate of drug-likeness (QED) is 0.0755. The van der Waals surface area contributed by atoms with Crippen LogP contribution in [0.25, 0.3) is 0 Å². The Bertz CT molecular complexity index is 397. The topological polar surface area (TPSA) is 73.8 Å². The third kappa shape index (κ3) is 18.7. The minimum atomic E-state index is -1.47. The van der Waals surface area contributed by atoms with Gasteiger partial charge in [0, 0.05) is 56.9 Å². The van der Waals surface area contributed by atoms with E-state index >= 15 is 0 Å². The lowest BCUT2D eigenvalue weighted by molar-refractivity contribution is -0.0442. The number of hydrogen-bond acceptors (Lipinski definition) is 8. The Kier molecular flexibility index (Phi) is 26.2. The summed E-state index contributed by atoms with van der Waals surface area (Å²) < 4.78 is 43.5. The van der Waals surface area contributed by atoms with Gasteiger partial charge < -0.3 is 37.9 Å². The molecule has 0 aromatic heterocycles. The predicted octanol–water partition coefficient (Wildman–Crippen LogP) is 3.79. The first-order valence-electron chi connectivity index (χ1n) is 13.1. The van der Waals surface area contributed by atoms with E-state index in [-0.39, 0.29) is 23.7 Å². The van der Waals surface area contributed by atoms with Gasteiger partial charge in [0.05, 0.1) is 8.07 Å². The van der Waals surface area contributed by atoms with Gasteiger partial charge in [-0.1, -0.05) is 74.0 Å². The second kappa shape index (κ2) is 25.7. The molecule has 0 spiro atoms. The summed E-state index contributed by atoms with van der Waals surface area (Å²) in [4.78, 5) is 0. The molecule has 0 aromatic carbocycles. The van der Waals surface area contributed by atoms with E-state index in [0.717, 1.165) is 0 Å². The first kappa shape index (κ1) is 37.8. The molecule has 0 aliphatic carbocycles. The van der Waals surface area contributed by atoms with Crippen LogP contribution in [-0.2, 0) is 37.9 Å². The smallest absolute Gasteiger partial charge is 0.136 e. The van der Waals surface area contributed by atoms with Gasteiger partial charge in [0.15, 0.2) is 0 Å². The molecule has 0 saturated heterocycles. The van der Waals surface area contributed by atoms with Crippen LogP contribution < -0.4 is 0 Å². The summed E-state index contributed by atoms with van der Waals surface area (Å²) >= 11 is 0. The molecule has 8 nitrogen and oxygen atoms in total. The lowest BCUT2D eigenvalue weighted by Crippen LogP contribution is -2.35. The minimum Gasteiger partial charge on any atom is -0.360 e. The van der Waals surface area contributed by atoms with E-state index in [1.165, 1.54) is 74.0 Å². The van der Waals surface area contributed by atoms with E-state index in [9.17, 15) is 0 Å². The van der Waals surface area contributed by atoms with Crippen molar-refractivity contribution >= 4 is 46.2 Å². The predicted molar refractivity (Wildman–Crippen MR) is 157 cm³/mol. The van der Waals surface area contributed by atoms with Crippen LogP contribution in [0.2, 0.25) is 48.4 Å².